The van der Waals surface area contributed by atoms with Gasteiger partial charge in [-0.1, -0.05) is 40.3 Å². The van der Waals surface area contributed by atoms with Crippen LogP contribution in [0.3, 0.4) is 0 Å². The van der Waals surface area contributed by atoms with Crippen molar-refractivity contribution in [2.24, 2.45) is 5.84 Å². The van der Waals surface area contributed by atoms with Gasteiger partial charge >= 0.3 is 0 Å². The molecule has 2 N–H and O–H groups in total. The third-order valence-corrected chi connectivity index (χ3v) is 0.457. The topological polar surface area (TPSA) is 29.3 Å². The highest BCUT2D eigenvalue weighted by atomic mass is 15.4. The first-order valence-corrected chi connectivity index (χ1v) is 4.04. The summed E-state index contributed by atoms with van der Waals surface area (Å²) < 4.78 is 0. The van der Waals surface area contributed by atoms with E-state index in [4.69, 9.17) is 5.84 Å². The number of allylic oxidation sites excluding steroid dienone is 2. The average Bonchev–Trinajstić information content (AvgIpc) is 2.08. The Balaban J connectivity index is -0.000000138. The molecule has 0 saturated carbocycles. The molecule has 0 radical (unpaired) electrons. The lowest BCUT2D eigenvalue weighted by atomic mass is 10.6. The molecule has 0 fully saturated rings. The van der Waals surface area contributed by atoms with Crippen LogP contribution in [0.1, 0.15) is 27.7 Å². The molecule has 2 nitrogen and oxygen atoms in total. The summed E-state index contributed by atoms with van der Waals surface area (Å²) in [4.78, 5) is 0. The highest BCUT2D eigenvalue weighted by Gasteiger charge is 1.67. The van der Waals surface area contributed by atoms with Crippen LogP contribution < -0.4 is 5.84 Å². The molecule has 0 aliphatic heterocycles. The van der Waals surface area contributed by atoms with Crippen molar-refractivity contribution in [1.82, 2.24) is 5.01 Å². The molecule has 2 heteroatoms. The Bertz CT molecular complexity index is 75.6. The Kier molecular flexibility index (Phi) is 34.6. The Morgan fingerprint density at radius 2 is 1.55 bits per heavy atom. The monoisotopic (exact) mass is 158 g/mol. The van der Waals surface area contributed by atoms with Gasteiger partial charge in [0.2, 0.25) is 0 Å². The number of hydrazine groups is 1. The molecule has 11 heavy (non-hydrogen) atoms. The van der Waals surface area contributed by atoms with Crippen molar-refractivity contribution in [3.05, 3.63) is 24.9 Å². The second-order valence-electron chi connectivity index (χ2n) is 1.24. The van der Waals surface area contributed by atoms with Gasteiger partial charge in [-0.3, -0.25) is 0 Å². The van der Waals surface area contributed by atoms with Crippen molar-refractivity contribution in [3.63, 3.8) is 0 Å². The minimum atomic E-state index is 1.46. The Labute approximate surface area is 71.4 Å². The molecule has 68 valence electrons. The third-order valence-electron chi connectivity index (χ3n) is 0.457. The van der Waals surface area contributed by atoms with E-state index < -0.39 is 0 Å². The van der Waals surface area contributed by atoms with E-state index in [1.165, 1.54) is 5.01 Å². The first-order valence-electron chi connectivity index (χ1n) is 4.04. The van der Waals surface area contributed by atoms with Crippen LogP contribution in [0, 0.1) is 0 Å². The van der Waals surface area contributed by atoms with E-state index in [0.29, 0.717) is 0 Å². The highest BCUT2D eigenvalue weighted by Crippen LogP contribution is 1.71. The summed E-state index contributed by atoms with van der Waals surface area (Å²) in [5.74, 6) is 5.18. The maximum atomic E-state index is 5.18. The van der Waals surface area contributed by atoms with Crippen LogP contribution in [0.15, 0.2) is 24.9 Å². The van der Waals surface area contributed by atoms with Gasteiger partial charge in [0.05, 0.1) is 0 Å². The Morgan fingerprint density at radius 3 is 1.64 bits per heavy atom. The summed E-state index contributed by atoms with van der Waals surface area (Å²) in [6.07, 6.45) is 5.15. The summed E-state index contributed by atoms with van der Waals surface area (Å²) in [6, 6.07) is 0. The fraction of sp³-hybridized carbons (Fsp3) is 0.556. The van der Waals surface area contributed by atoms with Crippen LogP contribution >= 0.6 is 0 Å². The molecule has 0 atom stereocenters. The van der Waals surface area contributed by atoms with Crippen molar-refractivity contribution in [2.45, 2.75) is 27.7 Å². The minimum Gasteiger partial charge on any atom is -0.321 e. The predicted molar refractivity (Wildman–Crippen MR) is 54.0 cm³/mol. The third kappa shape index (κ3) is 46.1. The second kappa shape index (κ2) is 22.8. The molecule has 0 unspecified atom stereocenters. The fourth-order valence-electron chi connectivity index (χ4n) is 0.197. The van der Waals surface area contributed by atoms with E-state index in [9.17, 15) is 0 Å². The Hall–Kier alpha value is -0.760. The van der Waals surface area contributed by atoms with Gasteiger partial charge in [-0.05, 0) is 6.08 Å². The van der Waals surface area contributed by atoms with Crippen LogP contribution in [-0.4, -0.2) is 12.1 Å². The van der Waals surface area contributed by atoms with Crippen molar-refractivity contribution < 1.29 is 0 Å². The van der Waals surface area contributed by atoms with E-state index in [1.807, 2.05) is 27.7 Å². The van der Waals surface area contributed by atoms with Gasteiger partial charge in [0.15, 0.2) is 0 Å². The summed E-state index contributed by atoms with van der Waals surface area (Å²) in [5, 5.41) is 1.46. The predicted octanol–water partition coefficient (Wildman–Crippen LogP) is 2.54. The standard InChI is InChI=1S/C5H10N2.2C2H6/c1-3-4-5-7(2)6;2*1-2/h3-5H,1,6H2,2H3;2*1-2H3/b5-4-;;. The molecule has 0 spiro atoms. The van der Waals surface area contributed by atoms with Crippen molar-refractivity contribution in [2.75, 3.05) is 7.05 Å². The number of rotatable bonds is 2. The number of hydrogen-bond acceptors (Lipinski definition) is 2. The summed E-state index contributed by atoms with van der Waals surface area (Å²) in [6.45, 7) is 11.5. The van der Waals surface area contributed by atoms with Gasteiger partial charge in [-0.25, -0.2) is 5.84 Å². The maximum absolute atomic E-state index is 5.18. The molecule has 0 aromatic carbocycles. The molecule has 0 aromatic rings. The smallest absolute Gasteiger partial charge is 0.0222 e. The number of hydrogen-bond donors (Lipinski definition) is 1. The zero-order valence-corrected chi connectivity index (χ0v) is 8.46. The van der Waals surface area contributed by atoms with Crippen LogP contribution in [0.25, 0.3) is 0 Å². The van der Waals surface area contributed by atoms with E-state index >= 15 is 0 Å². The van der Waals surface area contributed by atoms with Gasteiger partial charge in [0.1, 0.15) is 0 Å². The molecule has 0 rings (SSSR count). The first kappa shape index (κ1) is 16.7. The maximum Gasteiger partial charge on any atom is 0.0222 e. The van der Waals surface area contributed by atoms with Gasteiger partial charge in [0, 0.05) is 13.2 Å². The number of nitrogens with zero attached hydrogens (tertiary/aromatic N) is 1. The summed E-state index contributed by atoms with van der Waals surface area (Å²) in [7, 11) is 1.75. The van der Waals surface area contributed by atoms with Gasteiger partial charge in [0.25, 0.3) is 0 Å². The molecular weight excluding hydrogens is 136 g/mol. The molecule has 0 aliphatic rings. The van der Waals surface area contributed by atoms with Gasteiger partial charge < -0.3 is 5.01 Å². The molecule has 0 heterocycles. The van der Waals surface area contributed by atoms with Crippen molar-refractivity contribution >= 4 is 0 Å². The lowest BCUT2D eigenvalue weighted by Crippen LogP contribution is -2.17. The van der Waals surface area contributed by atoms with Crippen LogP contribution in [0.2, 0.25) is 0 Å². The van der Waals surface area contributed by atoms with Crippen LogP contribution in [0.5, 0.6) is 0 Å². The van der Waals surface area contributed by atoms with Gasteiger partial charge in [-0.2, -0.15) is 0 Å². The molecule has 0 amide bonds. The zero-order valence-electron chi connectivity index (χ0n) is 8.46. The average molecular weight is 158 g/mol. The lowest BCUT2D eigenvalue weighted by molar-refractivity contribution is 0.485. The van der Waals surface area contributed by atoms with Crippen LogP contribution in [0.4, 0.5) is 0 Å². The lowest BCUT2D eigenvalue weighted by Gasteiger charge is -2.00. The first-order chi connectivity index (χ1) is 5.27. The fourth-order valence-corrected chi connectivity index (χ4v) is 0.197. The molecule has 0 saturated heterocycles. The largest absolute Gasteiger partial charge is 0.321 e. The van der Waals surface area contributed by atoms with Crippen molar-refractivity contribution in [1.29, 1.82) is 0 Å². The minimum absolute atomic E-state index is 1.46. The highest BCUT2D eigenvalue weighted by molar-refractivity contribution is 4.95. The second-order valence-corrected chi connectivity index (χ2v) is 1.24. The molecule has 0 bridgehead atoms. The normalized spacial score (nSPS) is 7.09. The van der Waals surface area contributed by atoms with E-state index in [2.05, 4.69) is 6.58 Å². The van der Waals surface area contributed by atoms with E-state index in [0.717, 1.165) is 0 Å². The summed E-state index contributed by atoms with van der Waals surface area (Å²) in [5.41, 5.74) is 0. The Morgan fingerprint density at radius 1 is 1.18 bits per heavy atom. The van der Waals surface area contributed by atoms with Gasteiger partial charge in [-0.15, -0.1) is 0 Å². The number of nitrogens with two attached hydrogens (primary N) is 1. The SMILES string of the molecule is C=C/C=C\N(C)N.CC.CC. The quantitative estimate of drug-likeness (QED) is 0.380. The molecular formula is C9H22N2. The van der Waals surface area contributed by atoms with E-state index in [-0.39, 0.29) is 0 Å². The summed E-state index contributed by atoms with van der Waals surface area (Å²) >= 11 is 0. The zero-order chi connectivity index (χ0) is 9.70. The van der Waals surface area contributed by atoms with Crippen molar-refractivity contribution in [3.8, 4) is 0 Å². The molecule has 0 aromatic heterocycles. The molecule has 0 aliphatic carbocycles. The van der Waals surface area contributed by atoms with E-state index in [1.54, 1.807) is 25.4 Å². The van der Waals surface area contributed by atoms with Crippen LogP contribution in [-0.2, 0) is 0 Å².